The first kappa shape index (κ1) is 8.53. The van der Waals surface area contributed by atoms with Crippen LogP contribution in [0.15, 0.2) is 24.8 Å². The van der Waals surface area contributed by atoms with Crippen LogP contribution in [0.1, 0.15) is 0 Å². The molecule has 0 unspecified atom stereocenters. The molecule has 2 heteroatoms. The van der Waals surface area contributed by atoms with Gasteiger partial charge >= 0.3 is 0 Å². The highest BCUT2D eigenvalue weighted by Gasteiger charge is 1.87. The summed E-state index contributed by atoms with van der Waals surface area (Å²) in [6.45, 7) is 7.43. The molecule has 0 radical (unpaired) electrons. The maximum absolute atomic E-state index is 4.21. The van der Waals surface area contributed by atoms with Gasteiger partial charge in [0.1, 0.15) is 5.82 Å². The van der Waals surface area contributed by atoms with Crippen molar-refractivity contribution < 1.29 is 0 Å². The molecule has 1 N–H and O–H groups in total. The molecule has 0 bridgehead atoms. The number of hydrogen-bond donors (Lipinski definition) is 1. The summed E-state index contributed by atoms with van der Waals surface area (Å²) in [5.74, 6) is 0.834. The summed E-state index contributed by atoms with van der Waals surface area (Å²) < 4.78 is 0. The van der Waals surface area contributed by atoms with Crippen molar-refractivity contribution in [2.75, 3.05) is 12.4 Å². The van der Waals surface area contributed by atoms with Crippen LogP contribution in [0, 0.1) is 0 Å². The lowest BCUT2D eigenvalue weighted by Gasteiger charge is -1.96. The maximum atomic E-state index is 4.21. The van der Waals surface area contributed by atoms with Crippen LogP contribution in [-0.4, -0.2) is 12.0 Å². The Balaban J connectivity index is 3.31. The first-order chi connectivity index (χ1) is 5.77. The fourth-order valence-corrected chi connectivity index (χ4v) is 0.930. The molecule has 0 atom stereocenters. The Morgan fingerprint density at radius 3 is 2.75 bits per heavy atom. The third-order valence-electron chi connectivity index (χ3n) is 1.56. The van der Waals surface area contributed by atoms with Crippen LogP contribution in [0.5, 0.6) is 0 Å². The Labute approximate surface area is 72.0 Å². The summed E-state index contributed by atoms with van der Waals surface area (Å²) in [7, 11) is 1.83. The second-order valence-electron chi connectivity index (χ2n) is 2.38. The van der Waals surface area contributed by atoms with Crippen molar-refractivity contribution in [2.45, 2.75) is 0 Å². The Kier molecular flexibility index (Phi) is 2.64. The maximum Gasteiger partial charge on any atom is 0.126 e. The number of anilines is 1. The highest BCUT2D eigenvalue weighted by atomic mass is 14.9. The zero-order valence-electron chi connectivity index (χ0n) is 7.17. The largest absolute Gasteiger partial charge is 0.373 e. The predicted octanol–water partition coefficient (Wildman–Crippen LogP) is 0.500. The van der Waals surface area contributed by atoms with E-state index in [1.165, 1.54) is 0 Å². The summed E-state index contributed by atoms with van der Waals surface area (Å²) in [6, 6.07) is 3.87. The van der Waals surface area contributed by atoms with Gasteiger partial charge in [0.25, 0.3) is 0 Å². The molecule has 1 aromatic heterocycles. The Morgan fingerprint density at radius 2 is 2.25 bits per heavy atom. The van der Waals surface area contributed by atoms with Crippen LogP contribution in [0.3, 0.4) is 0 Å². The van der Waals surface area contributed by atoms with Crippen molar-refractivity contribution in [3.05, 3.63) is 35.4 Å². The topological polar surface area (TPSA) is 24.9 Å². The van der Waals surface area contributed by atoms with E-state index in [2.05, 4.69) is 23.5 Å². The molecule has 0 fully saturated rings. The molecule has 62 valence electrons. The zero-order valence-corrected chi connectivity index (χ0v) is 7.17. The fraction of sp³-hybridized carbons (Fsp3) is 0.100. The van der Waals surface area contributed by atoms with Crippen LogP contribution >= 0.6 is 0 Å². The molecule has 0 aliphatic carbocycles. The van der Waals surface area contributed by atoms with Crippen LogP contribution in [-0.2, 0) is 0 Å². The van der Waals surface area contributed by atoms with Crippen LogP contribution in [0.2, 0.25) is 0 Å². The van der Waals surface area contributed by atoms with Gasteiger partial charge in [0.15, 0.2) is 0 Å². The molecule has 2 nitrogen and oxygen atoms in total. The predicted molar refractivity (Wildman–Crippen MR) is 53.2 cm³/mol. The molecule has 1 rings (SSSR count). The standard InChI is InChI=1S/C10H12N2/c1-4-5-9-6-7-10(11-3)12-8(9)2/h4-7H,1-2H2,3H3,(H,11,12)/b9-5-. The van der Waals surface area contributed by atoms with Crippen LogP contribution in [0.4, 0.5) is 5.82 Å². The van der Waals surface area contributed by atoms with E-state index in [0.717, 1.165) is 16.4 Å². The van der Waals surface area contributed by atoms with Gasteiger partial charge in [-0.1, -0.05) is 25.3 Å². The van der Waals surface area contributed by atoms with Crippen LogP contribution in [0.25, 0.3) is 12.7 Å². The van der Waals surface area contributed by atoms with E-state index >= 15 is 0 Å². The molecular formula is C10H12N2. The highest BCUT2D eigenvalue weighted by Crippen LogP contribution is 1.90. The lowest BCUT2D eigenvalue weighted by atomic mass is 10.3. The minimum atomic E-state index is 0.766. The lowest BCUT2D eigenvalue weighted by molar-refractivity contribution is 1.21. The molecule has 0 aliphatic rings. The Morgan fingerprint density at radius 1 is 1.50 bits per heavy atom. The van der Waals surface area contributed by atoms with Crippen LogP contribution < -0.4 is 15.9 Å². The van der Waals surface area contributed by atoms with Gasteiger partial charge in [0, 0.05) is 7.05 Å². The molecule has 0 saturated heterocycles. The van der Waals surface area contributed by atoms with Crippen molar-refractivity contribution in [3.8, 4) is 0 Å². The van der Waals surface area contributed by atoms with Gasteiger partial charge in [-0.2, -0.15) is 0 Å². The molecule has 0 amide bonds. The van der Waals surface area contributed by atoms with Gasteiger partial charge in [0.2, 0.25) is 0 Å². The summed E-state index contributed by atoms with van der Waals surface area (Å²) >= 11 is 0. The minimum Gasteiger partial charge on any atom is -0.373 e. The average Bonchev–Trinajstić information content (AvgIpc) is 2.09. The molecule has 1 aromatic rings. The third kappa shape index (κ3) is 1.72. The second kappa shape index (κ2) is 3.72. The molecule has 0 spiro atoms. The van der Waals surface area contributed by atoms with Crippen molar-refractivity contribution in [2.24, 2.45) is 0 Å². The number of allylic oxidation sites excluding steroid dienone is 1. The van der Waals surface area contributed by atoms with Crippen molar-refractivity contribution >= 4 is 18.5 Å². The van der Waals surface area contributed by atoms with Gasteiger partial charge < -0.3 is 5.32 Å². The normalized spacial score (nSPS) is 11.2. The van der Waals surface area contributed by atoms with E-state index in [1.54, 1.807) is 6.08 Å². The van der Waals surface area contributed by atoms with E-state index in [-0.39, 0.29) is 0 Å². The average molecular weight is 160 g/mol. The Hall–Kier alpha value is -1.57. The summed E-state index contributed by atoms with van der Waals surface area (Å²) in [4.78, 5) is 4.21. The van der Waals surface area contributed by atoms with Gasteiger partial charge in [-0.3, -0.25) is 0 Å². The van der Waals surface area contributed by atoms with Crippen molar-refractivity contribution in [1.82, 2.24) is 4.98 Å². The smallest absolute Gasteiger partial charge is 0.126 e. The first-order valence-electron chi connectivity index (χ1n) is 3.74. The summed E-state index contributed by atoms with van der Waals surface area (Å²) in [5.41, 5.74) is 0. The number of pyridine rings is 1. The summed E-state index contributed by atoms with van der Waals surface area (Å²) in [6.07, 6.45) is 3.61. The highest BCUT2D eigenvalue weighted by molar-refractivity contribution is 5.39. The second-order valence-corrected chi connectivity index (χ2v) is 2.38. The van der Waals surface area contributed by atoms with E-state index < -0.39 is 0 Å². The van der Waals surface area contributed by atoms with Gasteiger partial charge in [-0.05, 0) is 17.4 Å². The van der Waals surface area contributed by atoms with E-state index in [0.29, 0.717) is 0 Å². The number of aromatic nitrogens is 1. The molecule has 1 heterocycles. The van der Waals surface area contributed by atoms with E-state index in [1.807, 2.05) is 25.3 Å². The van der Waals surface area contributed by atoms with Gasteiger partial charge in [-0.15, -0.1) is 0 Å². The monoisotopic (exact) mass is 160 g/mol. The SMILES string of the molecule is C=C/C=c1/ccc(NC)nc1=C. The lowest BCUT2D eigenvalue weighted by Crippen LogP contribution is -2.26. The molecule has 0 aliphatic heterocycles. The number of rotatable bonds is 2. The van der Waals surface area contributed by atoms with Crippen molar-refractivity contribution in [3.63, 3.8) is 0 Å². The molecular weight excluding hydrogens is 148 g/mol. The van der Waals surface area contributed by atoms with Gasteiger partial charge in [0.05, 0.1) is 5.35 Å². The number of nitrogens with one attached hydrogen (secondary N) is 1. The summed E-state index contributed by atoms with van der Waals surface area (Å²) in [5, 5.41) is 4.72. The molecule has 0 aromatic carbocycles. The first-order valence-corrected chi connectivity index (χ1v) is 3.74. The van der Waals surface area contributed by atoms with Crippen molar-refractivity contribution in [1.29, 1.82) is 0 Å². The minimum absolute atomic E-state index is 0.766. The number of hydrogen-bond acceptors (Lipinski definition) is 2. The fourth-order valence-electron chi connectivity index (χ4n) is 0.930. The zero-order chi connectivity index (χ0) is 8.97. The van der Waals surface area contributed by atoms with Gasteiger partial charge in [-0.25, -0.2) is 4.98 Å². The van der Waals surface area contributed by atoms with E-state index in [9.17, 15) is 0 Å². The van der Waals surface area contributed by atoms with E-state index in [4.69, 9.17) is 0 Å². The quantitative estimate of drug-likeness (QED) is 0.681. The number of nitrogens with zero attached hydrogens (tertiary/aromatic N) is 1. The third-order valence-corrected chi connectivity index (χ3v) is 1.56. The molecule has 12 heavy (non-hydrogen) atoms. The molecule has 0 saturated carbocycles. The Bertz CT molecular complexity index is 379.